The van der Waals surface area contributed by atoms with E-state index in [1.54, 1.807) is 0 Å². The van der Waals surface area contributed by atoms with Gasteiger partial charge in [-0.15, -0.1) is 0 Å². The Bertz CT molecular complexity index is 3710. The van der Waals surface area contributed by atoms with Gasteiger partial charge >= 0.3 is 0 Å². The molecule has 1 aliphatic heterocycles. The quantitative estimate of drug-likeness (QED) is 0.182. The molecule has 3 heterocycles. The first-order valence-electron chi connectivity index (χ1n) is 21.8. The lowest BCUT2D eigenvalue weighted by atomic mass is 9.92. The Morgan fingerprint density at radius 1 is 0.406 bits per heavy atom. The third-order valence-electron chi connectivity index (χ3n) is 12.8. The lowest BCUT2D eigenvalue weighted by Gasteiger charge is -2.23. The first kappa shape index (κ1) is 36.1. The Hall–Kier alpha value is -8.54. The summed E-state index contributed by atoms with van der Waals surface area (Å²) in [6, 6.07) is 77.5. The van der Waals surface area contributed by atoms with Crippen molar-refractivity contribution in [2.75, 3.05) is 0 Å². The second kappa shape index (κ2) is 14.5. The molecule has 1 unspecified atom stereocenters. The number of nitrogens with one attached hydrogen (secondary N) is 1. The van der Waals surface area contributed by atoms with Crippen LogP contribution in [-0.4, -0.2) is 16.2 Å². The van der Waals surface area contributed by atoms with Crippen molar-refractivity contribution in [3.63, 3.8) is 0 Å². The molecule has 0 amide bonds. The predicted octanol–water partition coefficient (Wildman–Crippen LogP) is 14.8. The molecule has 10 aromatic carbocycles. The number of fused-ring (bicyclic) bond motifs is 10. The average Bonchev–Trinajstić information content (AvgIpc) is 3.92. The van der Waals surface area contributed by atoms with Gasteiger partial charge in [-0.2, -0.15) is 0 Å². The number of nitrogens with zero attached hydrogens (tertiary/aromatic N) is 3. The van der Waals surface area contributed by atoms with Crippen LogP contribution in [0, 0.1) is 0 Å². The van der Waals surface area contributed by atoms with E-state index in [0.29, 0.717) is 5.84 Å². The number of hydrogen-bond acceptors (Lipinski definition) is 4. The Balaban J connectivity index is 1.08. The summed E-state index contributed by atoms with van der Waals surface area (Å²) in [4.78, 5) is 10.4. The van der Waals surface area contributed by atoms with Gasteiger partial charge in [0, 0.05) is 44.4 Å². The molecule has 12 aromatic rings. The standard InChI is InChI=1S/C59H38N4O/c1-5-18-37(19-6-1)48-35-50-55(44-28-15-13-26-42(44)48)56-45-29-16-14-27-43(45)49(38-20-7-2-8-21-38)36-51(56)63(50)41-32-33-46-53(34-41)64-52-31-17-30-47(54(46)52)59-61-57(39-22-9-3-10-23-39)60-58(62-59)40-24-11-4-12-25-40/h1-36,57H,(H,60,61,62). The molecule has 0 radical (unpaired) electrons. The van der Waals surface area contributed by atoms with Gasteiger partial charge in [-0.05, 0) is 79.7 Å². The highest BCUT2D eigenvalue weighted by Gasteiger charge is 2.25. The van der Waals surface area contributed by atoms with Crippen LogP contribution in [0.5, 0.6) is 0 Å². The Labute approximate surface area is 368 Å². The first-order valence-corrected chi connectivity index (χ1v) is 21.8. The van der Waals surface area contributed by atoms with E-state index >= 15 is 0 Å². The van der Waals surface area contributed by atoms with E-state index in [1.807, 2.05) is 36.4 Å². The molecule has 0 saturated heterocycles. The predicted molar refractivity (Wildman–Crippen MR) is 266 cm³/mol. The highest BCUT2D eigenvalue weighted by molar-refractivity contribution is 6.32. The third kappa shape index (κ3) is 5.71. The Morgan fingerprint density at radius 2 is 0.938 bits per heavy atom. The molecule has 0 aliphatic carbocycles. The van der Waals surface area contributed by atoms with Crippen molar-refractivity contribution in [3.05, 3.63) is 235 Å². The zero-order valence-electron chi connectivity index (χ0n) is 34.6. The number of hydrogen-bond donors (Lipinski definition) is 1. The first-order chi connectivity index (χ1) is 31.7. The van der Waals surface area contributed by atoms with Crippen LogP contribution in [0.25, 0.3) is 93.2 Å². The maximum absolute atomic E-state index is 6.86. The van der Waals surface area contributed by atoms with Crippen LogP contribution in [0.2, 0.25) is 0 Å². The maximum atomic E-state index is 6.86. The summed E-state index contributed by atoms with van der Waals surface area (Å²) in [6.07, 6.45) is -0.312. The van der Waals surface area contributed by atoms with Crippen LogP contribution >= 0.6 is 0 Å². The summed E-state index contributed by atoms with van der Waals surface area (Å²) in [6.45, 7) is 0. The van der Waals surface area contributed by atoms with Gasteiger partial charge in [0.05, 0.1) is 11.0 Å². The molecule has 0 spiro atoms. The van der Waals surface area contributed by atoms with Crippen molar-refractivity contribution < 1.29 is 4.42 Å². The molecule has 64 heavy (non-hydrogen) atoms. The number of furan rings is 1. The minimum absolute atomic E-state index is 0.312. The van der Waals surface area contributed by atoms with Gasteiger partial charge < -0.3 is 14.3 Å². The van der Waals surface area contributed by atoms with Gasteiger partial charge in [-0.1, -0.05) is 182 Å². The molecule has 1 N–H and O–H groups in total. The van der Waals surface area contributed by atoms with Crippen molar-refractivity contribution in [2.24, 2.45) is 9.98 Å². The topological polar surface area (TPSA) is 54.8 Å². The smallest absolute Gasteiger partial charge is 0.160 e. The molecule has 2 aromatic heterocycles. The van der Waals surface area contributed by atoms with E-state index in [1.165, 1.54) is 54.6 Å². The van der Waals surface area contributed by atoms with E-state index in [9.17, 15) is 0 Å². The van der Waals surface area contributed by atoms with Gasteiger partial charge in [0.15, 0.2) is 5.84 Å². The molecule has 0 fully saturated rings. The molecule has 0 bridgehead atoms. The van der Waals surface area contributed by atoms with Crippen LogP contribution < -0.4 is 5.32 Å². The highest BCUT2D eigenvalue weighted by Crippen LogP contribution is 2.46. The molecule has 0 saturated carbocycles. The van der Waals surface area contributed by atoms with Crippen molar-refractivity contribution in [1.29, 1.82) is 0 Å². The fraction of sp³-hybridized carbons (Fsp3) is 0.0169. The van der Waals surface area contributed by atoms with Crippen molar-refractivity contribution >= 4 is 77.0 Å². The Kier molecular flexibility index (Phi) is 8.21. The lowest BCUT2D eigenvalue weighted by molar-refractivity contribution is 0.668. The van der Waals surface area contributed by atoms with Crippen molar-refractivity contribution in [2.45, 2.75) is 6.17 Å². The molecule has 5 heteroatoms. The largest absolute Gasteiger partial charge is 0.456 e. The molecular formula is C59H38N4O. The SMILES string of the molecule is c1ccc(C2=NC(c3cccc4oc5cc(-n6c7cc(-c8ccccc8)c8ccccc8c7c7c8ccccc8c(-c8ccccc8)cc76)ccc5c34)=NC(c3ccccc3)N2)cc1. The van der Waals surface area contributed by atoms with Gasteiger partial charge in [0.2, 0.25) is 0 Å². The van der Waals surface area contributed by atoms with E-state index in [-0.39, 0.29) is 6.17 Å². The average molecular weight is 819 g/mol. The number of benzene rings is 10. The summed E-state index contributed by atoms with van der Waals surface area (Å²) in [5, 5.41) is 13.0. The second-order valence-electron chi connectivity index (χ2n) is 16.5. The number of aliphatic imine (C=N–C) groups is 2. The van der Waals surface area contributed by atoms with Crippen LogP contribution in [0.4, 0.5) is 0 Å². The van der Waals surface area contributed by atoms with Gasteiger partial charge in [-0.25, -0.2) is 9.98 Å². The zero-order chi connectivity index (χ0) is 42.1. The number of aromatic nitrogens is 1. The molecule has 13 rings (SSSR count). The minimum atomic E-state index is -0.312. The molecular weight excluding hydrogens is 781 g/mol. The van der Waals surface area contributed by atoms with Gasteiger partial charge in [-0.3, -0.25) is 0 Å². The van der Waals surface area contributed by atoms with E-state index in [4.69, 9.17) is 14.4 Å². The summed E-state index contributed by atoms with van der Waals surface area (Å²) < 4.78 is 9.32. The van der Waals surface area contributed by atoms with Crippen molar-refractivity contribution in [1.82, 2.24) is 9.88 Å². The normalized spacial score (nSPS) is 14.1. The van der Waals surface area contributed by atoms with Crippen LogP contribution in [0.3, 0.4) is 0 Å². The summed E-state index contributed by atoms with van der Waals surface area (Å²) in [5.74, 6) is 1.44. The summed E-state index contributed by atoms with van der Waals surface area (Å²) >= 11 is 0. The third-order valence-corrected chi connectivity index (χ3v) is 12.8. The summed E-state index contributed by atoms with van der Waals surface area (Å²) in [5.41, 5.74) is 12.6. The molecule has 300 valence electrons. The van der Waals surface area contributed by atoms with Gasteiger partial charge in [0.1, 0.15) is 23.2 Å². The lowest BCUT2D eigenvalue weighted by Crippen LogP contribution is -2.33. The molecule has 1 aliphatic rings. The fourth-order valence-electron chi connectivity index (χ4n) is 9.98. The zero-order valence-corrected chi connectivity index (χ0v) is 34.6. The number of amidine groups is 2. The molecule has 1 atom stereocenters. The monoisotopic (exact) mass is 818 g/mol. The molecule has 5 nitrogen and oxygen atoms in total. The minimum Gasteiger partial charge on any atom is -0.456 e. The van der Waals surface area contributed by atoms with Crippen LogP contribution in [0.15, 0.2) is 233 Å². The second-order valence-corrected chi connectivity index (χ2v) is 16.5. The maximum Gasteiger partial charge on any atom is 0.160 e. The van der Waals surface area contributed by atoms with E-state index in [0.717, 1.165) is 61.2 Å². The van der Waals surface area contributed by atoms with Gasteiger partial charge in [0.25, 0.3) is 0 Å². The number of rotatable bonds is 6. The Morgan fingerprint density at radius 3 is 1.53 bits per heavy atom. The fourth-order valence-corrected chi connectivity index (χ4v) is 9.98. The summed E-state index contributed by atoms with van der Waals surface area (Å²) in [7, 11) is 0. The van der Waals surface area contributed by atoms with E-state index in [2.05, 4.69) is 192 Å². The van der Waals surface area contributed by atoms with E-state index < -0.39 is 0 Å². The highest BCUT2D eigenvalue weighted by atomic mass is 16.3. The van der Waals surface area contributed by atoms with Crippen molar-refractivity contribution in [3.8, 4) is 27.9 Å². The van der Waals surface area contributed by atoms with Crippen LogP contribution in [0.1, 0.15) is 22.9 Å². The van der Waals surface area contributed by atoms with Crippen LogP contribution in [-0.2, 0) is 0 Å².